The van der Waals surface area contributed by atoms with Crippen LogP contribution in [0.3, 0.4) is 0 Å². The minimum absolute atomic E-state index is 0.210. The Bertz CT molecular complexity index is 1150. The molecule has 0 N–H and O–H groups in total. The Morgan fingerprint density at radius 1 is 1.17 bits per heavy atom. The second-order valence-corrected chi connectivity index (χ2v) is 7.01. The number of carbonyl (C=O) groups is 1. The molecule has 1 aromatic heterocycles. The molecule has 4 rings (SSSR count). The van der Waals surface area contributed by atoms with Crippen molar-refractivity contribution in [2.75, 3.05) is 11.9 Å². The minimum atomic E-state index is -0.294. The van der Waals surface area contributed by atoms with E-state index in [0.29, 0.717) is 23.0 Å². The number of amides is 1. The Morgan fingerprint density at radius 3 is 2.66 bits per heavy atom. The lowest BCUT2D eigenvalue weighted by Crippen LogP contribution is -2.25. The highest BCUT2D eigenvalue weighted by Crippen LogP contribution is 2.27. The zero-order chi connectivity index (χ0) is 20.5. The van der Waals surface area contributed by atoms with Gasteiger partial charge in [0.15, 0.2) is 5.71 Å². The van der Waals surface area contributed by atoms with E-state index in [9.17, 15) is 9.18 Å². The molecule has 1 amide bonds. The fraction of sp³-hybridized carbons (Fsp3) is 0.143. The van der Waals surface area contributed by atoms with Gasteiger partial charge in [-0.2, -0.15) is 10.2 Å². The molecule has 0 bridgehead atoms. The van der Waals surface area contributed by atoms with Gasteiger partial charge >= 0.3 is 0 Å². The summed E-state index contributed by atoms with van der Waals surface area (Å²) in [6, 6.07) is 13.6. The van der Waals surface area contributed by atoms with Crippen LogP contribution in [0.1, 0.15) is 22.4 Å². The third-order valence-electron chi connectivity index (χ3n) is 4.73. The summed E-state index contributed by atoms with van der Waals surface area (Å²) in [4.78, 5) is 14.0. The molecule has 3 aromatic rings. The number of hydrogen-bond acceptors (Lipinski definition) is 4. The van der Waals surface area contributed by atoms with Gasteiger partial charge < -0.3 is 4.90 Å². The number of likely N-dealkylation sites (N-methyl/N-ethyl adjacent to an activating group) is 1. The largest absolute Gasteiger partial charge is 0.309 e. The number of para-hydroxylation sites is 1. The first kappa shape index (κ1) is 19.0. The lowest BCUT2D eigenvalue weighted by molar-refractivity contribution is -0.111. The van der Waals surface area contributed by atoms with Crippen molar-refractivity contribution in [2.24, 2.45) is 10.2 Å². The third kappa shape index (κ3) is 3.56. The molecule has 8 heteroatoms. The number of benzene rings is 2. The quantitative estimate of drug-likeness (QED) is 0.485. The van der Waals surface area contributed by atoms with Crippen molar-refractivity contribution in [3.8, 4) is 0 Å². The normalized spacial score (nSPS) is 15.0. The number of hydrogen-bond donors (Lipinski definition) is 0. The van der Waals surface area contributed by atoms with Gasteiger partial charge in [-0.25, -0.2) is 9.07 Å². The van der Waals surface area contributed by atoms with E-state index in [2.05, 4.69) is 15.3 Å². The maximum Gasteiger partial charge on any atom is 0.279 e. The van der Waals surface area contributed by atoms with E-state index in [1.807, 2.05) is 31.2 Å². The van der Waals surface area contributed by atoms with Crippen molar-refractivity contribution in [3.63, 3.8) is 0 Å². The van der Waals surface area contributed by atoms with Crippen molar-refractivity contribution in [2.45, 2.75) is 13.5 Å². The van der Waals surface area contributed by atoms with E-state index in [1.54, 1.807) is 28.8 Å². The first-order valence-electron chi connectivity index (χ1n) is 8.91. The van der Waals surface area contributed by atoms with E-state index in [-0.39, 0.29) is 17.4 Å². The van der Waals surface area contributed by atoms with Gasteiger partial charge in [0.1, 0.15) is 11.0 Å². The lowest BCUT2D eigenvalue weighted by Gasteiger charge is -2.07. The molecular weight excluding hydrogens is 393 g/mol. The van der Waals surface area contributed by atoms with Crippen LogP contribution in [0.4, 0.5) is 10.1 Å². The molecule has 6 nitrogen and oxygen atoms in total. The molecule has 0 atom stereocenters. The van der Waals surface area contributed by atoms with Crippen LogP contribution in [0.2, 0.25) is 5.15 Å². The molecule has 2 aromatic carbocycles. The second kappa shape index (κ2) is 7.60. The number of halogens is 2. The fourth-order valence-corrected chi connectivity index (χ4v) is 3.46. The van der Waals surface area contributed by atoms with E-state index < -0.39 is 0 Å². The summed E-state index contributed by atoms with van der Waals surface area (Å²) in [5.74, 6) is -0.504. The predicted molar refractivity (Wildman–Crippen MR) is 111 cm³/mol. The van der Waals surface area contributed by atoms with Crippen LogP contribution < -0.4 is 4.90 Å². The molecular formula is C21H17ClFN5O. The average molecular weight is 410 g/mol. The van der Waals surface area contributed by atoms with Gasteiger partial charge in [0.05, 0.1) is 29.7 Å². The van der Waals surface area contributed by atoms with E-state index in [0.717, 1.165) is 16.8 Å². The monoisotopic (exact) mass is 409 g/mol. The highest BCUT2D eigenvalue weighted by Gasteiger charge is 2.31. The first-order valence-corrected chi connectivity index (χ1v) is 9.29. The Balaban J connectivity index is 1.59. The number of carbonyl (C=O) groups excluding carboxylic acids is 1. The van der Waals surface area contributed by atoms with Gasteiger partial charge in [-0.15, -0.1) is 5.10 Å². The maximum absolute atomic E-state index is 13.1. The van der Waals surface area contributed by atoms with Crippen molar-refractivity contribution in [3.05, 3.63) is 81.9 Å². The van der Waals surface area contributed by atoms with Crippen molar-refractivity contribution < 1.29 is 9.18 Å². The van der Waals surface area contributed by atoms with Gasteiger partial charge in [0, 0.05) is 12.6 Å². The van der Waals surface area contributed by atoms with Crippen LogP contribution in [0.15, 0.2) is 58.7 Å². The summed E-state index contributed by atoms with van der Waals surface area (Å²) < 4.78 is 14.7. The molecule has 0 saturated carbocycles. The molecule has 0 fully saturated rings. The molecule has 0 aliphatic carbocycles. The topological polar surface area (TPSA) is 62.9 Å². The highest BCUT2D eigenvalue weighted by molar-refractivity contribution is 6.54. The summed E-state index contributed by atoms with van der Waals surface area (Å²) in [5.41, 5.74) is 3.99. The van der Waals surface area contributed by atoms with Crippen LogP contribution >= 0.6 is 11.6 Å². The molecule has 1 aliphatic heterocycles. The van der Waals surface area contributed by atoms with Crippen LogP contribution in [-0.4, -0.2) is 34.7 Å². The van der Waals surface area contributed by atoms with Crippen LogP contribution in [0, 0.1) is 12.7 Å². The molecule has 2 heterocycles. The van der Waals surface area contributed by atoms with Crippen LogP contribution in [-0.2, 0) is 11.3 Å². The van der Waals surface area contributed by atoms with Crippen LogP contribution in [0.25, 0.3) is 0 Å². The minimum Gasteiger partial charge on any atom is -0.309 e. The lowest BCUT2D eigenvalue weighted by atomic mass is 10.1. The molecule has 0 unspecified atom stereocenters. The van der Waals surface area contributed by atoms with Gasteiger partial charge in [-0.1, -0.05) is 41.9 Å². The average Bonchev–Trinajstić information content (AvgIpc) is 3.12. The Labute approximate surface area is 171 Å². The van der Waals surface area contributed by atoms with E-state index in [4.69, 9.17) is 11.6 Å². The number of rotatable bonds is 4. The summed E-state index contributed by atoms with van der Waals surface area (Å²) in [6.07, 6.45) is 1.49. The van der Waals surface area contributed by atoms with Crippen molar-refractivity contribution in [1.82, 2.24) is 9.78 Å². The zero-order valence-electron chi connectivity index (χ0n) is 15.8. The molecule has 29 heavy (non-hydrogen) atoms. The molecule has 0 spiro atoms. The SMILES string of the molecule is Cc1nn(Cc2ccc(F)cc2)c(Cl)c1/C=N\N=C1\C(=O)N(C)c2ccccc21. The highest BCUT2D eigenvalue weighted by atomic mass is 35.5. The predicted octanol–water partition coefficient (Wildman–Crippen LogP) is 3.83. The third-order valence-corrected chi connectivity index (χ3v) is 5.13. The van der Waals surface area contributed by atoms with E-state index in [1.165, 1.54) is 18.3 Å². The Hall–Kier alpha value is -3.32. The smallest absolute Gasteiger partial charge is 0.279 e. The van der Waals surface area contributed by atoms with Crippen molar-refractivity contribution >= 4 is 35.1 Å². The molecule has 0 saturated heterocycles. The number of anilines is 1. The Kier molecular flexibility index (Phi) is 4.98. The van der Waals surface area contributed by atoms with E-state index >= 15 is 0 Å². The fourth-order valence-electron chi connectivity index (χ4n) is 3.17. The molecule has 1 aliphatic rings. The number of aromatic nitrogens is 2. The molecule has 146 valence electrons. The van der Waals surface area contributed by atoms with Crippen LogP contribution in [0.5, 0.6) is 0 Å². The summed E-state index contributed by atoms with van der Waals surface area (Å²) in [5, 5.41) is 13.0. The Morgan fingerprint density at radius 2 is 1.90 bits per heavy atom. The zero-order valence-corrected chi connectivity index (χ0v) is 16.6. The van der Waals surface area contributed by atoms with Gasteiger partial charge in [0.25, 0.3) is 5.91 Å². The summed E-state index contributed by atoms with van der Waals surface area (Å²) >= 11 is 6.45. The molecule has 0 radical (unpaired) electrons. The second-order valence-electron chi connectivity index (χ2n) is 6.65. The summed E-state index contributed by atoms with van der Waals surface area (Å²) in [7, 11) is 1.70. The maximum atomic E-state index is 13.1. The van der Waals surface area contributed by atoms with Crippen molar-refractivity contribution in [1.29, 1.82) is 0 Å². The van der Waals surface area contributed by atoms with Gasteiger partial charge in [0.2, 0.25) is 0 Å². The van der Waals surface area contributed by atoms with Gasteiger partial charge in [-0.05, 0) is 30.7 Å². The number of aryl methyl sites for hydroxylation is 1. The summed E-state index contributed by atoms with van der Waals surface area (Å²) in [6.45, 7) is 2.21. The first-order chi connectivity index (χ1) is 14.0. The number of fused-ring (bicyclic) bond motifs is 1. The number of nitrogens with zero attached hydrogens (tertiary/aromatic N) is 5. The van der Waals surface area contributed by atoms with Gasteiger partial charge in [-0.3, -0.25) is 4.79 Å². The standard InChI is InChI=1S/C21H17ClFN5O/c1-13-17(20(22)28(26-13)12-14-7-9-15(23)10-8-14)11-24-25-19-16-5-3-4-6-18(16)27(2)21(19)29/h3-11H,12H2,1-2H3/b24-11-,25-19+.